The van der Waals surface area contributed by atoms with E-state index in [0.717, 1.165) is 32.4 Å². The van der Waals surface area contributed by atoms with Gasteiger partial charge < -0.3 is 14.8 Å². The highest BCUT2D eigenvalue weighted by atomic mass is 16.6. The molecule has 4 heteroatoms. The summed E-state index contributed by atoms with van der Waals surface area (Å²) in [4.78, 5) is 11.2. The normalized spacial score (nSPS) is 18.3. The first-order chi connectivity index (χ1) is 7.16. The standard InChI is InChI=1S/C11H21NO3/c1-3-4-5-6-14-10(13)7-15-11(2)8-12-9-11/h12H,3-9H2,1-2H3. The summed E-state index contributed by atoms with van der Waals surface area (Å²) in [6.45, 7) is 6.34. The van der Waals surface area contributed by atoms with Crippen LogP contribution in [0, 0.1) is 0 Å². The van der Waals surface area contributed by atoms with Gasteiger partial charge in [0.2, 0.25) is 0 Å². The zero-order chi connectivity index (χ0) is 11.1. The Bertz CT molecular complexity index is 202. The van der Waals surface area contributed by atoms with E-state index >= 15 is 0 Å². The van der Waals surface area contributed by atoms with Crippen molar-refractivity contribution in [2.45, 2.75) is 38.7 Å². The highest BCUT2D eigenvalue weighted by Gasteiger charge is 2.33. The van der Waals surface area contributed by atoms with Gasteiger partial charge in [0.05, 0.1) is 12.2 Å². The van der Waals surface area contributed by atoms with E-state index in [9.17, 15) is 4.79 Å². The van der Waals surface area contributed by atoms with Gasteiger partial charge in [-0.25, -0.2) is 4.79 Å². The zero-order valence-electron chi connectivity index (χ0n) is 9.67. The summed E-state index contributed by atoms with van der Waals surface area (Å²) >= 11 is 0. The Balaban J connectivity index is 1.98. The number of unbranched alkanes of at least 4 members (excludes halogenated alkanes) is 2. The molecule has 1 rings (SSSR count). The molecule has 1 aliphatic heterocycles. The van der Waals surface area contributed by atoms with Crippen LogP contribution in [0.5, 0.6) is 0 Å². The van der Waals surface area contributed by atoms with Gasteiger partial charge in [0.25, 0.3) is 0 Å². The summed E-state index contributed by atoms with van der Waals surface area (Å²) in [5.74, 6) is -0.251. The Morgan fingerprint density at radius 1 is 1.40 bits per heavy atom. The number of hydrogen-bond acceptors (Lipinski definition) is 4. The average Bonchev–Trinajstić information content (AvgIpc) is 2.19. The van der Waals surface area contributed by atoms with E-state index in [0.29, 0.717) is 6.61 Å². The van der Waals surface area contributed by atoms with Crippen molar-refractivity contribution in [1.29, 1.82) is 0 Å². The van der Waals surface area contributed by atoms with E-state index in [4.69, 9.17) is 9.47 Å². The summed E-state index contributed by atoms with van der Waals surface area (Å²) in [6, 6.07) is 0. The molecule has 15 heavy (non-hydrogen) atoms. The van der Waals surface area contributed by atoms with Crippen molar-refractivity contribution in [3.8, 4) is 0 Å². The van der Waals surface area contributed by atoms with Crippen LogP contribution in [0.1, 0.15) is 33.1 Å². The molecule has 0 aliphatic carbocycles. The third kappa shape index (κ3) is 4.62. The van der Waals surface area contributed by atoms with Crippen molar-refractivity contribution in [3.05, 3.63) is 0 Å². The number of esters is 1. The predicted molar refractivity (Wildman–Crippen MR) is 57.7 cm³/mol. The molecule has 1 saturated heterocycles. The fraction of sp³-hybridized carbons (Fsp3) is 0.909. The molecule has 0 bridgehead atoms. The van der Waals surface area contributed by atoms with Gasteiger partial charge in [-0.05, 0) is 13.3 Å². The molecule has 4 nitrogen and oxygen atoms in total. The van der Waals surface area contributed by atoms with Crippen LogP contribution in [-0.2, 0) is 14.3 Å². The summed E-state index contributed by atoms with van der Waals surface area (Å²) in [5, 5.41) is 3.11. The number of ether oxygens (including phenoxy) is 2. The summed E-state index contributed by atoms with van der Waals surface area (Å²) < 4.78 is 10.5. The Morgan fingerprint density at radius 3 is 2.67 bits per heavy atom. The smallest absolute Gasteiger partial charge is 0.332 e. The van der Waals surface area contributed by atoms with Crippen LogP contribution in [0.4, 0.5) is 0 Å². The Kier molecular flexibility index (Phi) is 5.05. The highest BCUT2D eigenvalue weighted by Crippen LogP contribution is 2.14. The van der Waals surface area contributed by atoms with Crippen LogP contribution in [0.2, 0.25) is 0 Å². The summed E-state index contributed by atoms with van der Waals surface area (Å²) in [5.41, 5.74) is -0.164. The van der Waals surface area contributed by atoms with Crippen molar-refractivity contribution < 1.29 is 14.3 Å². The first kappa shape index (κ1) is 12.5. The maximum atomic E-state index is 11.2. The highest BCUT2D eigenvalue weighted by molar-refractivity contribution is 5.70. The van der Waals surface area contributed by atoms with Crippen molar-refractivity contribution in [2.75, 3.05) is 26.3 Å². The van der Waals surface area contributed by atoms with Gasteiger partial charge in [0.1, 0.15) is 6.61 Å². The minimum atomic E-state index is -0.251. The minimum absolute atomic E-state index is 0.0737. The van der Waals surface area contributed by atoms with E-state index in [1.807, 2.05) is 6.92 Å². The number of carbonyl (C=O) groups excluding carboxylic acids is 1. The van der Waals surface area contributed by atoms with Gasteiger partial charge in [-0.15, -0.1) is 0 Å². The lowest BCUT2D eigenvalue weighted by atomic mass is 10.0. The summed E-state index contributed by atoms with van der Waals surface area (Å²) in [6.07, 6.45) is 3.19. The van der Waals surface area contributed by atoms with Crippen LogP contribution < -0.4 is 5.32 Å². The molecule has 0 unspecified atom stereocenters. The maximum Gasteiger partial charge on any atom is 0.332 e. The van der Waals surface area contributed by atoms with Gasteiger partial charge >= 0.3 is 5.97 Å². The van der Waals surface area contributed by atoms with Crippen LogP contribution in [0.3, 0.4) is 0 Å². The minimum Gasteiger partial charge on any atom is -0.464 e. The monoisotopic (exact) mass is 215 g/mol. The topological polar surface area (TPSA) is 47.6 Å². The number of rotatable bonds is 7. The molecule has 0 amide bonds. The number of carbonyl (C=O) groups is 1. The first-order valence-electron chi connectivity index (χ1n) is 5.66. The fourth-order valence-electron chi connectivity index (χ4n) is 1.39. The molecule has 88 valence electrons. The molecule has 1 N–H and O–H groups in total. The predicted octanol–water partition coefficient (Wildman–Crippen LogP) is 1.10. The van der Waals surface area contributed by atoms with Crippen LogP contribution >= 0.6 is 0 Å². The molecule has 0 aromatic rings. The zero-order valence-corrected chi connectivity index (χ0v) is 9.67. The van der Waals surface area contributed by atoms with Crippen LogP contribution in [0.15, 0.2) is 0 Å². The van der Waals surface area contributed by atoms with Gasteiger partial charge in [0.15, 0.2) is 0 Å². The van der Waals surface area contributed by atoms with Gasteiger partial charge in [0, 0.05) is 13.1 Å². The molecule has 0 radical (unpaired) electrons. The van der Waals surface area contributed by atoms with Crippen molar-refractivity contribution in [1.82, 2.24) is 5.32 Å². The van der Waals surface area contributed by atoms with Crippen molar-refractivity contribution in [3.63, 3.8) is 0 Å². The molecule has 0 aromatic heterocycles. The van der Waals surface area contributed by atoms with Gasteiger partial charge in [-0.3, -0.25) is 0 Å². The van der Waals surface area contributed by atoms with E-state index < -0.39 is 0 Å². The Hall–Kier alpha value is -0.610. The first-order valence-corrected chi connectivity index (χ1v) is 5.66. The lowest BCUT2D eigenvalue weighted by molar-refractivity contribution is -0.158. The lowest BCUT2D eigenvalue weighted by Gasteiger charge is -2.38. The molecule has 1 fully saturated rings. The second-order valence-electron chi connectivity index (χ2n) is 4.27. The average molecular weight is 215 g/mol. The second kappa shape index (κ2) is 6.08. The van der Waals surface area contributed by atoms with Crippen LogP contribution in [0.25, 0.3) is 0 Å². The molecule has 0 atom stereocenters. The van der Waals surface area contributed by atoms with E-state index in [-0.39, 0.29) is 18.2 Å². The third-order valence-corrected chi connectivity index (χ3v) is 2.55. The second-order valence-corrected chi connectivity index (χ2v) is 4.27. The third-order valence-electron chi connectivity index (χ3n) is 2.55. The molecule has 0 saturated carbocycles. The largest absolute Gasteiger partial charge is 0.464 e. The van der Waals surface area contributed by atoms with E-state index in [1.165, 1.54) is 0 Å². The van der Waals surface area contributed by atoms with Gasteiger partial charge in [-0.1, -0.05) is 19.8 Å². The maximum absolute atomic E-state index is 11.2. The fourth-order valence-corrected chi connectivity index (χ4v) is 1.39. The summed E-state index contributed by atoms with van der Waals surface area (Å²) in [7, 11) is 0. The Morgan fingerprint density at radius 2 is 2.13 bits per heavy atom. The SMILES string of the molecule is CCCCCOC(=O)COC1(C)CNC1. The van der Waals surface area contributed by atoms with E-state index in [2.05, 4.69) is 12.2 Å². The van der Waals surface area contributed by atoms with Crippen molar-refractivity contribution in [2.24, 2.45) is 0 Å². The van der Waals surface area contributed by atoms with Gasteiger partial charge in [-0.2, -0.15) is 0 Å². The number of hydrogen-bond donors (Lipinski definition) is 1. The number of nitrogens with one attached hydrogen (secondary N) is 1. The molecule has 1 aliphatic rings. The quantitative estimate of drug-likeness (QED) is 0.510. The van der Waals surface area contributed by atoms with E-state index in [1.54, 1.807) is 0 Å². The molecule has 0 spiro atoms. The molecular formula is C11H21NO3. The molecular weight excluding hydrogens is 194 g/mol. The van der Waals surface area contributed by atoms with Crippen molar-refractivity contribution >= 4 is 5.97 Å². The Labute approximate surface area is 91.3 Å². The van der Waals surface area contributed by atoms with Crippen LogP contribution in [-0.4, -0.2) is 37.9 Å². The lowest BCUT2D eigenvalue weighted by Crippen LogP contribution is -2.59. The molecule has 1 heterocycles. The molecule has 0 aromatic carbocycles.